The van der Waals surface area contributed by atoms with Crippen LogP contribution in [0.15, 0.2) is 22.8 Å². The predicted octanol–water partition coefficient (Wildman–Crippen LogP) is 0.482. The second kappa shape index (κ2) is 4.63. The molecule has 74 valence electrons. The van der Waals surface area contributed by atoms with Gasteiger partial charge in [-0.05, 0) is 12.1 Å². The summed E-state index contributed by atoms with van der Waals surface area (Å²) in [5.41, 5.74) is 0. The first-order valence-electron chi connectivity index (χ1n) is 3.00. The Morgan fingerprint density at radius 2 is 2.00 bits per heavy atom. The van der Waals surface area contributed by atoms with Crippen LogP contribution in [-0.2, 0) is 10.1 Å². The van der Waals surface area contributed by atoms with Gasteiger partial charge in [0, 0.05) is 0 Å². The zero-order chi connectivity index (χ0) is 10.5. The number of furan rings is 1. The molecule has 0 saturated carbocycles. The summed E-state index contributed by atoms with van der Waals surface area (Å²) in [5, 5.41) is 8.18. The summed E-state index contributed by atoms with van der Waals surface area (Å²) in [4.78, 5) is 9.97. The lowest BCUT2D eigenvalue weighted by Crippen LogP contribution is -1.90. The lowest BCUT2D eigenvalue weighted by Gasteiger charge is -1.79. The summed E-state index contributed by atoms with van der Waals surface area (Å²) < 4.78 is 30.4. The molecule has 0 amide bonds. The molecular formula is C6H8O6S. The third kappa shape index (κ3) is 8.57. The zero-order valence-corrected chi connectivity index (χ0v) is 7.48. The number of carbonyl (C=O) groups is 1. The van der Waals surface area contributed by atoms with E-state index in [1.165, 1.54) is 18.4 Å². The van der Waals surface area contributed by atoms with Crippen LogP contribution in [0.5, 0.6) is 0 Å². The standard InChI is InChI=1S/C5H4O3.CH4O3S/c6-5(7)4-2-1-3-8-4;1-5(2,3)4/h1-3H,(H,6,7);1H3,(H,2,3,4). The number of hydrogen-bond acceptors (Lipinski definition) is 4. The van der Waals surface area contributed by atoms with Gasteiger partial charge in [0.05, 0.1) is 12.5 Å². The van der Waals surface area contributed by atoms with Crippen molar-refractivity contribution in [1.82, 2.24) is 0 Å². The molecule has 1 heterocycles. The highest BCUT2D eigenvalue weighted by atomic mass is 32.2. The van der Waals surface area contributed by atoms with Gasteiger partial charge in [0.2, 0.25) is 5.76 Å². The number of carboxylic acids is 1. The van der Waals surface area contributed by atoms with E-state index in [0.29, 0.717) is 6.26 Å². The quantitative estimate of drug-likeness (QED) is 0.650. The molecule has 1 rings (SSSR count). The maximum Gasteiger partial charge on any atom is 0.371 e. The molecule has 1 aromatic heterocycles. The van der Waals surface area contributed by atoms with E-state index in [9.17, 15) is 13.2 Å². The van der Waals surface area contributed by atoms with Crippen LogP contribution >= 0.6 is 0 Å². The Morgan fingerprint density at radius 3 is 2.15 bits per heavy atom. The molecule has 0 bridgehead atoms. The van der Waals surface area contributed by atoms with Crippen LogP contribution in [0, 0.1) is 0 Å². The molecule has 0 radical (unpaired) electrons. The van der Waals surface area contributed by atoms with Crippen molar-refractivity contribution < 1.29 is 27.3 Å². The fourth-order valence-electron chi connectivity index (χ4n) is 0.400. The van der Waals surface area contributed by atoms with Crippen molar-refractivity contribution in [2.45, 2.75) is 0 Å². The minimum Gasteiger partial charge on any atom is -0.475 e. The van der Waals surface area contributed by atoms with Gasteiger partial charge in [-0.25, -0.2) is 4.79 Å². The van der Waals surface area contributed by atoms with Gasteiger partial charge in [-0.2, -0.15) is 8.42 Å². The van der Waals surface area contributed by atoms with E-state index in [2.05, 4.69) is 4.42 Å². The van der Waals surface area contributed by atoms with E-state index in [4.69, 9.17) is 9.66 Å². The van der Waals surface area contributed by atoms with Gasteiger partial charge in [0.15, 0.2) is 0 Å². The van der Waals surface area contributed by atoms with E-state index < -0.39 is 16.1 Å². The van der Waals surface area contributed by atoms with E-state index in [-0.39, 0.29) is 5.76 Å². The van der Waals surface area contributed by atoms with Crippen LogP contribution in [0.3, 0.4) is 0 Å². The van der Waals surface area contributed by atoms with E-state index in [0.717, 1.165) is 0 Å². The molecular weight excluding hydrogens is 200 g/mol. The molecule has 0 fully saturated rings. The van der Waals surface area contributed by atoms with Crippen molar-refractivity contribution >= 4 is 16.1 Å². The fraction of sp³-hybridized carbons (Fsp3) is 0.167. The van der Waals surface area contributed by atoms with Crippen molar-refractivity contribution in [3.8, 4) is 0 Å². The molecule has 0 spiro atoms. The fourth-order valence-corrected chi connectivity index (χ4v) is 0.400. The summed E-state index contributed by atoms with van der Waals surface area (Å²) in [6.07, 6.45) is 2.04. The summed E-state index contributed by atoms with van der Waals surface area (Å²) in [5.74, 6) is -1.06. The van der Waals surface area contributed by atoms with Crippen molar-refractivity contribution in [2.24, 2.45) is 0 Å². The highest BCUT2D eigenvalue weighted by Gasteiger charge is 2.01. The molecule has 2 N–H and O–H groups in total. The maximum atomic E-state index is 9.97. The molecule has 13 heavy (non-hydrogen) atoms. The van der Waals surface area contributed by atoms with Gasteiger partial charge in [-0.15, -0.1) is 0 Å². The van der Waals surface area contributed by atoms with Crippen LogP contribution in [0.1, 0.15) is 10.6 Å². The van der Waals surface area contributed by atoms with Crippen LogP contribution in [0.25, 0.3) is 0 Å². The number of hydrogen-bond donors (Lipinski definition) is 2. The second-order valence-corrected chi connectivity index (χ2v) is 3.48. The molecule has 0 aliphatic rings. The highest BCUT2D eigenvalue weighted by molar-refractivity contribution is 7.85. The third-order valence-electron chi connectivity index (χ3n) is 0.732. The highest BCUT2D eigenvalue weighted by Crippen LogP contribution is 1.97. The minimum atomic E-state index is -3.67. The summed E-state index contributed by atoms with van der Waals surface area (Å²) in [6.45, 7) is 0. The average Bonchev–Trinajstić information content (AvgIpc) is 2.31. The van der Waals surface area contributed by atoms with Crippen molar-refractivity contribution in [2.75, 3.05) is 6.26 Å². The van der Waals surface area contributed by atoms with Crippen LogP contribution in [-0.4, -0.2) is 30.3 Å². The SMILES string of the molecule is CS(=O)(=O)O.O=C(O)c1ccco1. The molecule has 0 aliphatic heterocycles. The number of rotatable bonds is 1. The normalized spacial score (nSPS) is 10.0. The Balaban J connectivity index is 0.000000252. The Kier molecular flexibility index (Phi) is 4.15. The molecule has 0 unspecified atom stereocenters. The molecule has 0 saturated heterocycles. The topological polar surface area (TPSA) is 105 Å². The van der Waals surface area contributed by atoms with Gasteiger partial charge in [0.25, 0.3) is 10.1 Å². The van der Waals surface area contributed by atoms with Crippen molar-refractivity contribution in [3.63, 3.8) is 0 Å². The molecule has 0 aromatic carbocycles. The first-order valence-corrected chi connectivity index (χ1v) is 4.85. The molecule has 0 atom stereocenters. The van der Waals surface area contributed by atoms with Gasteiger partial charge >= 0.3 is 5.97 Å². The average molecular weight is 208 g/mol. The Bertz CT molecular complexity index is 340. The molecule has 6 nitrogen and oxygen atoms in total. The van der Waals surface area contributed by atoms with Crippen LogP contribution < -0.4 is 0 Å². The number of carboxylic acid groups (broad SMARTS) is 1. The van der Waals surface area contributed by atoms with Gasteiger partial charge in [0.1, 0.15) is 0 Å². The molecule has 7 heteroatoms. The first-order chi connectivity index (χ1) is 5.80. The summed E-state index contributed by atoms with van der Waals surface area (Å²) in [7, 11) is -3.67. The van der Waals surface area contributed by atoms with Crippen LogP contribution in [0.2, 0.25) is 0 Å². The molecule has 0 aliphatic carbocycles. The lowest BCUT2D eigenvalue weighted by molar-refractivity contribution is 0.0662. The summed E-state index contributed by atoms with van der Waals surface area (Å²) in [6, 6.07) is 2.92. The Labute approximate surface area is 74.5 Å². The van der Waals surface area contributed by atoms with Gasteiger partial charge in [-0.1, -0.05) is 0 Å². The molecule has 1 aromatic rings. The monoisotopic (exact) mass is 208 g/mol. The third-order valence-corrected chi connectivity index (χ3v) is 0.732. The van der Waals surface area contributed by atoms with Crippen molar-refractivity contribution in [3.05, 3.63) is 24.2 Å². The number of aromatic carboxylic acids is 1. The predicted molar refractivity (Wildman–Crippen MR) is 43.1 cm³/mol. The van der Waals surface area contributed by atoms with Gasteiger partial charge in [-0.3, -0.25) is 4.55 Å². The van der Waals surface area contributed by atoms with Gasteiger partial charge < -0.3 is 9.52 Å². The largest absolute Gasteiger partial charge is 0.475 e. The Morgan fingerprint density at radius 1 is 1.54 bits per heavy atom. The Hall–Kier alpha value is -1.34. The lowest BCUT2D eigenvalue weighted by atomic mass is 10.5. The van der Waals surface area contributed by atoms with E-state index in [1.54, 1.807) is 0 Å². The van der Waals surface area contributed by atoms with E-state index in [1.807, 2.05) is 0 Å². The van der Waals surface area contributed by atoms with Crippen molar-refractivity contribution in [1.29, 1.82) is 0 Å². The van der Waals surface area contributed by atoms with Crippen LogP contribution in [0.4, 0.5) is 0 Å². The first kappa shape index (κ1) is 11.7. The summed E-state index contributed by atoms with van der Waals surface area (Å²) >= 11 is 0. The minimum absolute atomic E-state index is 0.0231. The zero-order valence-electron chi connectivity index (χ0n) is 6.67. The van der Waals surface area contributed by atoms with E-state index >= 15 is 0 Å². The second-order valence-electron chi connectivity index (χ2n) is 2.02. The smallest absolute Gasteiger partial charge is 0.371 e. The maximum absolute atomic E-state index is 9.97.